The highest BCUT2D eigenvalue weighted by molar-refractivity contribution is 5.58. The molecule has 3 nitrogen and oxygen atoms in total. The van der Waals surface area contributed by atoms with Gasteiger partial charge in [-0.25, -0.2) is 9.97 Å². The van der Waals surface area contributed by atoms with Crippen LogP contribution in [0.1, 0.15) is 24.7 Å². The molecule has 0 aliphatic rings. The Kier molecular flexibility index (Phi) is 4.42. The Bertz CT molecular complexity index is 491. The summed E-state index contributed by atoms with van der Waals surface area (Å²) in [5.41, 5.74) is 3.51. The number of nitrogens with one attached hydrogen (secondary N) is 1. The summed E-state index contributed by atoms with van der Waals surface area (Å²) < 4.78 is 0. The highest BCUT2D eigenvalue weighted by atomic mass is 14.9. The van der Waals surface area contributed by atoms with E-state index in [2.05, 4.69) is 46.5 Å². The van der Waals surface area contributed by atoms with Crippen molar-refractivity contribution in [3.05, 3.63) is 47.9 Å². The molecule has 0 saturated heterocycles. The van der Waals surface area contributed by atoms with Crippen molar-refractivity contribution in [3.8, 4) is 11.3 Å². The lowest BCUT2D eigenvalue weighted by Crippen LogP contribution is -2.09. The number of aryl methyl sites for hydroxylation is 1. The van der Waals surface area contributed by atoms with E-state index in [1.807, 2.05) is 19.3 Å². The van der Waals surface area contributed by atoms with Gasteiger partial charge in [0.15, 0.2) is 0 Å². The van der Waals surface area contributed by atoms with Crippen LogP contribution < -0.4 is 5.32 Å². The van der Waals surface area contributed by atoms with E-state index in [0.717, 1.165) is 23.5 Å². The molecule has 1 aromatic heterocycles. The third-order valence-corrected chi connectivity index (χ3v) is 2.83. The monoisotopic (exact) mass is 241 g/mol. The summed E-state index contributed by atoms with van der Waals surface area (Å²) in [6.45, 7) is 2.89. The van der Waals surface area contributed by atoms with Gasteiger partial charge < -0.3 is 5.32 Å². The first-order chi connectivity index (χ1) is 8.83. The maximum Gasteiger partial charge on any atom is 0.142 e. The van der Waals surface area contributed by atoms with Crippen molar-refractivity contribution in [2.75, 3.05) is 7.05 Å². The molecule has 1 N–H and O–H groups in total. The molecule has 0 atom stereocenters. The van der Waals surface area contributed by atoms with Gasteiger partial charge in [0, 0.05) is 11.8 Å². The normalized spacial score (nSPS) is 10.6. The van der Waals surface area contributed by atoms with E-state index in [1.54, 1.807) is 0 Å². The Labute approximate surface area is 108 Å². The van der Waals surface area contributed by atoms with Gasteiger partial charge in [-0.1, -0.05) is 37.6 Å². The summed E-state index contributed by atoms with van der Waals surface area (Å²) >= 11 is 0. The fourth-order valence-electron chi connectivity index (χ4n) is 1.93. The zero-order valence-electron chi connectivity index (χ0n) is 11.0. The molecule has 2 rings (SSSR count). The van der Waals surface area contributed by atoms with Crippen LogP contribution in [0.25, 0.3) is 11.3 Å². The number of hydrogen-bond donors (Lipinski definition) is 1. The smallest absolute Gasteiger partial charge is 0.142 e. The Balaban J connectivity index is 2.22. The Morgan fingerprint density at radius 2 is 1.89 bits per heavy atom. The van der Waals surface area contributed by atoms with Crippen LogP contribution in [0.15, 0.2) is 36.5 Å². The predicted octanol–water partition coefficient (Wildman–Crippen LogP) is 2.82. The van der Waals surface area contributed by atoms with E-state index in [0.29, 0.717) is 6.54 Å². The second-order valence-electron chi connectivity index (χ2n) is 4.34. The van der Waals surface area contributed by atoms with Crippen molar-refractivity contribution in [3.63, 3.8) is 0 Å². The van der Waals surface area contributed by atoms with Crippen LogP contribution in [0.4, 0.5) is 0 Å². The van der Waals surface area contributed by atoms with Gasteiger partial charge in [0.2, 0.25) is 0 Å². The summed E-state index contributed by atoms with van der Waals surface area (Å²) in [6, 6.07) is 10.6. The first kappa shape index (κ1) is 12.7. The number of hydrogen-bond acceptors (Lipinski definition) is 3. The summed E-state index contributed by atoms with van der Waals surface area (Å²) in [7, 11) is 1.90. The molecular formula is C15H19N3. The van der Waals surface area contributed by atoms with Crippen LogP contribution in [0.5, 0.6) is 0 Å². The molecule has 1 heterocycles. The zero-order valence-corrected chi connectivity index (χ0v) is 11.0. The maximum absolute atomic E-state index is 4.53. The molecule has 0 aliphatic heterocycles. The molecule has 0 fully saturated rings. The average Bonchev–Trinajstić information content (AvgIpc) is 2.41. The molecule has 1 aromatic carbocycles. The van der Waals surface area contributed by atoms with Crippen molar-refractivity contribution < 1.29 is 0 Å². The van der Waals surface area contributed by atoms with Crippen LogP contribution >= 0.6 is 0 Å². The maximum atomic E-state index is 4.53. The lowest BCUT2D eigenvalue weighted by molar-refractivity contribution is 0.759. The van der Waals surface area contributed by atoms with E-state index in [-0.39, 0.29) is 0 Å². The summed E-state index contributed by atoms with van der Waals surface area (Å²) in [4.78, 5) is 8.76. The molecule has 2 aromatic rings. The fraction of sp³-hybridized carbons (Fsp3) is 0.333. The SMILES string of the molecule is CCCc1ccc(-c2ccnc(CNC)n2)cc1. The van der Waals surface area contributed by atoms with Gasteiger partial charge in [-0.15, -0.1) is 0 Å². The van der Waals surface area contributed by atoms with Crippen molar-refractivity contribution >= 4 is 0 Å². The van der Waals surface area contributed by atoms with Crippen molar-refractivity contribution in [2.45, 2.75) is 26.3 Å². The minimum absolute atomic E-state index is 0.696. The molecule has 0 spiro atoms. The number of aromatic nitrogens is 2. The van der Waals surface area contributed by atoms with Crippen LogP contribution in [-0.2, 0) is 13.0 Å². The summed E-state index contributed by atoms with van der Waals surface area (Å²) in [5.74, 6) is 0.827. The topological polar surface area (TPSA) is 37.8 Å². The highest BCUT2D eigenvalue weighted by Crippen LogP contribution is 2.17. The Hall–Kier alpha value is -1.74. The number of nitrogens with zero attached hydrogens (tertiary/aromatic N) is 2. The summed E-state index contributed by atoms with van der Waals surface area (Å²) in [5, 5.41) is 3.06. The molecule has 0 bridgehead atoms. The first-order valence-electron chi connectivity index (χ1n) is 6.39. The van der Waals surface area contributed by atoms with Gasteiger partial charge in [-0.05, 0) is 25.1 Å². The van der Waals surface area contributed by atoms with E-state index < -0.39 is 0 Å². The quantitative estimate of drug-likeness (QED) is 0.874. The number of benzene rings is 1. The minimum atomic E-state index is 0.696. The molecule has 0 radical (unpaired) electrons. The molecule has 3 heteroatoms. The van der Waals surface area contributed by atoms with Gasteiger partial charge in [0.25, 0.3) is 0 Å². The summed E-state index contributed by atoms with van der Waals surface area (Å²) in [6.07, 6.45) is 4.13. The highest BCUT2D eigenvalue weighted by Gasteiger charge is 2.01. The van der Waals surface area contributed by atoms with Crippen LogP contribution in [-0.4, -0.2) is 17.0 Å². The van der Waals surface area contributed by atoms with E-state index in [9.17, 15) is 0 Å². The third kappa shape index (κ3) is 3.14. The second kappa shape index (κ2) is 6.26. The largest absolute Gasteiger partial charge is 0.313 e. The number of rotatable bonds is 5. The second-order valence-corrected chi connectivity index (χ2v) is 4.34. The molecule has 0 amide bonds. The van der Waals surface area contributed by atoms with Crippen molar-refractivity contribution in [1.29, 1.82) is 0 Å². The van der Waals surface area contributed by atoms with Gasteiger partial charge in [-0.3, -0.25) is 0 Å². The molecule has 18 heavy (non-hydrogen) atoms. The van der Waals surface area contributed by atoms with Crippen LogP contribution in [0.3, 0.4) is 0 Å². The molecule has 0 saturated carbocycles. The third-order valence-electron chi connectivity index (χ3n) is 2.83. The van der Waals surface area contributed by atoms with Crippen LogP contribution in [0.2, 0.25) is 0 Å². The predicted molar refractivity (Wildman–Crippen MR) is 74.2 cm³/mol. The minimum Gasteiger partial charge on any atom is -0.313 e. The lowest BCUT2D eigenvalue weighted by Gasteiger charge is -2.05. The van der Waals surface area contributed by atoms with E-state index in [4.69, 9.17) is 0 Å². The van der Waals surface area contributed by atoms with Crippen molar-refractivity contribution in [2.24, 2.45) is 0 Å². The zero-order chi connectivity index (χ0) is 12.8. The lowest BCUT2D eigenvalue weighted by atomic mass is 10.1. The Morgan fingerprint density at radius 3 is 2.56 bits per heavy atom. The molecular weight excluding hydrogens is 222 g/mol. The van der Waals surface area contributed by atoms with Gasteiger partial charge in [-0.2, -0.15) is 0 Å². The first-order valence-corrected chi connectivity index (χ1v) is 6.39. The van der Waals surface area contributed by atoms with Gasteiger partial charge >= 0.3 is 0 Å². The Morgan fingerprint density at radius 1 is 1.11 bits per heavy atom. The fourth-order valence-corrected chi connectivity index (χ4v) is 1.93. The van der Waals surface area contributed by atoms with Gasteiger partial charge in [0.05, 0.1) is 12.2 Å². The molecule has 94 valence electrons. The van der Waals surface area contributed by atoms with E-state index >= 15 is 0 Å². The average molecular weight is 241 g/mol. The van der Waals surface area contributed by atoms with Crippen LogP contribution in [0, 0.1) is 0 Å². The standard InChI is InChI=1S/C15H19N3/c1-3-4-12-5-7-13(8-6-12)14-9-10-17-15(18-14)11-16-2/h5-10,16H,3-4,11H2,1-2H3. The van der Waals surface area contributed by atoms with Crippen molar-refractivity contribution in [1.82, 2.24) is 15.3 Å². The molecule has 0 aliphatic carbocycles. The molecule has 0 unspecified atom stereocenters. The van der Waals surface area contributed by atoms with E-state index in [1.165, 1.54) is 12.0 Å². The van der Waals surface area contributed by atoms with Gasteiger partial charge in [0.1, 0.15) is 5.82 Å².